The average Bonchev–Trinajstić information content (AvgIpc) is 2.69. The summed E-state index contributed by atoms with van der Waals surface area (Å²) < 4.78 is 10.7. The number of carbonyl (C=O) groups is 1. The molecule has 7 heteroatoms. The number of amides is 1. The van der Waals surface area contributed by atoms with E-state index in [0.29, 0.717) is 12.3 Å². The molecule has 1 unspecified atom stereocenters. The number of hydrogen-bond acceptors (Lipinski definition) is 6. The van der Waals surface area contributed by atoms with Gasteiger partial charge in [0.25, 0.3) is 0 Å². The Morgan fingerprint density at radius 3 is 2.93 bits per heavy atom. The molecule has 1 aliphatic rings. The SMILES string of the molecule is Cc1cc(C#CCNC(=O)OC(C)C)ccc1/C(C=NCC1CCCCO1)=N/N. The predicted octanol–water partition coefficient (Wildman–Crippen LogP) is 2.78. The van der Waals surface area contributed by atoms with Crippen LogP contribution in [-0.2, 0) is 9.47 Å². The van der Waals surface area contributed by atoms with Crippen LogP contribution in [0.2, 0.25) is 0 Å². The molecular weight excluding hydrogens is 368 g/mol. The van der Waals surface area contributed by atoms with E-state index < -0.39 is 6.09 Å². The highest BCUT2D eigenvalue weighted by Crippen LogP contribution is 2.13. The molecule has 0 aliphatic carbocycles. The first kappa shape index (κ1) is 22.4. The highest BCUT2D eigenvalue weighted by molar-refractivity contribution is 6.38. The lowest BCUT2D eigenvalue weighted by molar-refractivity contribution is 0.0226. The number of benzene rings is 1. The minimum Gasteiger partial charge on any atom is -0.447 e. The summed E-state index contributed by atoms with van der Waals surface area (Å²) in [6.45, 7) is 7.22. The van der Waals surface area contributed by atoms with Crippen molar-refractivity contribution in [2.45, 2.75) is 52.2 Å². The molecule has 156 valence electrons. The molecule has 2 rings (SSSR count). The first-order chi connectivity index (χ1) is 14.0. The molecule has 0 aromatic heterocycles. The van der Waals surface area contributed by atoms with E-state index in [9.17, 15) is 4.79 Å². The highest BCUT2D eigenvalue weighted by Gasteiger charge is 2.13. The number of nitrogens with zero attached hydrogens (tertiary/aromatic N) is 2. The summed E-state index contributed by atoms with van der Waals surface area (Å²) in [6, 6.07) is 5.78. The van der Waals surface area contributed by atoms with Crippen molar-refractivity contribution in [2.24, 2.45) is 15.9 Å². The molecule has 7 nitrogen and oxygen atoms in total. The van der Waals surface area contributed by atoms with Gasteiger partial charge >= 0.3 is 6.09 Å². The quantitative estimate of drug-likeness (QED) is 0.333. The van der Waals surface area contributed by atoms with Crippen LogP contribution < -0.4 is 11.2 Å². The summed E-state index contributed by atoms with van der Waals surface area (Å²) >= 11 is 0. The van der Waals surface area contributed by atoms with Gasteiger partial charge in [-0.1, -0.05) is 17.9 Å². The number of aliphatic imine (C=N–C) groups is 1. The summed E-state index contributed by atoms with van der Waals surface area (Å²) in [6.07, 6.45) is 4.62. The number of aryl methyl sites for hydroxylation is 1. The van der Waals surface area contributed by atoms with Crippen molar-refractivity contribution in [3.63, 3.8) is 0 Å². The molecular formula is C22H30N4O3. The molecule has 1 saturated heterocycles. The number of nitrogens with one attached hydrogen (secondary N) is 1. The summed E-state index contributed by atoms with van der Waals surface area (Å²) in [5.74, 6) is 11.5. The summed E-state index contributed by atoms with van der Waals surface area (Å²) in [5.41, 5.74) is 3.36. The minimum absolute atomic E-state index is 0.157. The fourth-order valence-corrected chi connectivity index (χ4v) is 2.93. The maximum Gasteiger partial charge on any atom is 0.408 e. The van der Waals surface area contributed by atoms with Crippen LogP contribution in [0.25, 0.3) is 0 Å². The first-order valence-corrected chi connectivity index (χ1v) is 9.93. The molecule has 1 atom stereocenters. The Kier molecular flexibility index (Phi) is 9.19. The third-order valence-corrected chi connectivity index (χ3v) is 4.33. The Hall–Kier alpha value is -2.85. The molecule has 1 aromatic carbocycles. The van der Waals surface area contributed by atoms with Crippen molar-refractivity contribution in [1.29, 1.82) is 0 Å². The smallest absolute Gasteiger partial charge is 0.408 e. The predicted molar refractivity (Wildman–Crippen MR) is 115 cm³/mol. The van der Waals surface area contributed by atoms with Crippen molar-refractivity contribution in [1.82, 2.24) is 5.32 Å². The van der Waals surface area contributed by atoms with Crippen LogP contribution in [0.3, 0.4) is 0 Å². The van der Waals surface area contributed by atoms with Gasteiger partial charge in [-0.25, -0.2) is 4.79 Å². The number of nitrogens with two attached hydrogens (primary N) is 1. The number of hydrogen-bond donors (Lipinski definition) is 2. The van der Waals surface area contributed by atoms with E-state index in [1.807, 2.05) is 25.1 Å². The van der Waals surface area contributed by atoms with Crippen LogP contribution in [0.4, 0.5) is 4.79 Å². The van der Waals surface area contributed by atoms with Gasteiger partial charge in [0.05, 0.1) is 25.3 Å². The lowest BCUT2D eigenvalue weighted by Gasteiger charge is -2.20. The van der Waals surface area contributed by atoms with Crippen molar-refractivity contribution < 1.29 is 14.3 Å². The minimum atomic E-state index is -0.470. The Morgan fingerprint density at radius 1 is 1.45 bits per heavy atom. The monoisotopic (exact) mass is 398 g/mol. The van der Waals surface area contributed by atoms with Crippen LogP contribution in [-0.4, -0.2) is 49.9 Å². The molecule has 0 bridgehead atoms. The maximum absolute atomic E-state index is 11.4. The van der Waals surface area contributed by atoms with Crippen LogP contribution in [0.15, 0.2) is 28.3 Å². The van der Waals surface area contributed by atoms with E-state index in [-0.39, 0.29) is 18.8 Å². The van der Waals surface area contributed by atoms with Crippen molar-refractivity contribution in [2.75, 3.05) is 19.7 Å². The lowest BCUT2D eigenvalue weighted by atomic mass is 10.0. The summed E-state index contributed by atoms with van der Waals surface area (Å²) in [5, 5.41) is 6.47. The molecule has 3 N–H and O–H groups in total. The van der Waals surface area contributed by atoms with Crippen molar-refractivity contribution >= 4 is 18.0 Å². The third-order valence-electron chi connectivity index (χ3n) is 4.33. The highest BCUT2D eigenvalue weighted by atomic mass is 16.6. The average molecular weight is 399 g/mol. The topological polar surface area (TPSA) is 98.3 Å². The molecule has 1 aliphatic heterocycles. The van der Waals surface area contributed by atoms with E-state index >= 15 is 0 Å². The second kappa shape index (κ2) is 11.9. The van der Waals surface area contributed by atoms with Gasteiger partial charge in [0.1, 0.15) is 5.71 Å². The van der Waals surface area contributed by atoms with Crippen LogP contribution in [0.5, 0.6) is 0 Å². The maximum atomic E-state index is 11.4. The second-order valence-corrected chi connectivity index (χ2v) is 7.14. The molecule has 1 fully saturated rings. The second-order valence-electron chi connectivity index (χ2n) is 7.14. The van der Waals surface area contributed by atoms with Gasteiger partial charge in [-0.15, -0.1) is 0 Å². The van der Waals surface area contributed by atoms with E-state index in [1.54, 1.807) is 20.1 Å². The van der Waals surface area contributed by atoms with Gasteiger partial charge < -0.3 is 20.6 Å². The molecule has 0 spiro atoms. The van der Waals surface area contributed by atoms with Gasteiger partial charge in [0, 0.05) is 23.9 Å². The number of carbonyl (C=O) groups excluding carboxylic acids is 1. The van der Waals surface area contributed by atoms with Gasteiger partial charge in [-0.3, -0.25) is 4.99 Å². The lowest BCUT2D eigenvalue weighted by Crippen LogP contribution is -2.26. The van der Waals surface area contributed by atoms with Gasteiger partial charge in [-0.05, 0) is 57.7 Å². The fraction of sp³-hybridized carbons (Fsp3) is 0.500. The van der Waals surface area contributed by atoms with Gasteiger partial charge in [0.2, 0.25) is 0 Å². The third kappa shape index (κ3) is 7.96. The number of ether oxygens (including phenoxy) is 2. The van der Waals surface area contributed by atoms with Crippen molar-refractivity contribution in [3.05, 3.63) is 34.9 Å². The van der Waals surface area contributed by atoms with E-state index in [0.717, 1.165) is 36.1 Å². The number of alkyl carbamates (subject to hydrolysis) is 1. The summed E-state index contributed by atoms with van der Waals surface area (Å²) in [7, 11) is 0. The number of rotatable bonds is 6. The molecule has 1 heterocycles. The van der Waals surface area contributed by atoms with Gasteiger partial charge in [0.15, 0.2) is 0 Å². The van der Waals surface area contributed by atoms with Crippen LogP contribution in [0.1, 0.15) is 49.8 Å². The summed E-state index contributed by atoms with van der Waals surface area (Å²) in [4.78, 5) is 15.9. The molecule has 1 aromatic rings. The largest absolute Gasteiger partial charge is 0.447 e. The first-order valence-electron chi connectivity index (χ1n) is 9.93. The molecule has 0 saturated carbocycles. The van der Waals surface area contributed by atoms with Gasteiger partial charge in [-0.2, -0.15) is 5.10 Å². The van der Waals surface area contributed by atoms with E-state index in [1.165, 1.54) is 6.42 Å². The zero-order valence-electron chi connectivity index (χ0n) is 17.4. The molecule has 29 heavy (non-hydrogen) atoms. The standard InChI is InChI=1S/C22H30N4O3/c1-16(2)29-22(27)25-11-6-7-18-9-10-20(17(3)13-18)21(26-23)15-24-14-19-8-4-5-12-28-19/h9-10,13,15-16,19H,4-5,8,11-12,14,23H2,1-3H3,(H,25,27)/b24-15?,26-21+. The normalized spacial score (nSPS) is 17.1. The zero-order valence-corrected chi connectivity index (χ0v) is 17.4. The van der Waals surface area contributed by atoms with Crippen molar-refractivity contribution in [3.8, 4) is 11.8 Å². The van der Waals surface area contributed by atoms with E-state index in [4.69, 9.17) is 15.3 Å². The Balaban J connectivity index is 1.93. The number of hydrazone groups is 1. The Morgan fingerprint density at radius 2 is 2.28 bits per heavy atom. The van der Waals surface area contributed by atoms with Crippen LogP contribution >= 0.6 is 0 Å². The fourth-order valence-electron chi connectivity index (χ4n) is 2.93. The Bertz CT molecular complexity index is 800. The zero-order chi connectivity index (χ0) is 21.1. The van der Waals surface area contributed by atoms with E-state index in [2.05, 4.69) is 27.3 Å². The Labute approximate surface area is 172 Å². The molecule has 0 radical (unpaired) electrons. The molecule has 1 amide bonds. The van der Waals surface area contributed by atoms with Crippen LogP contribution in [0, 0.1) is 18.8 Å².